The fraction of sp³-hybridized carbons (Fsp3) is 0.538. The van der Waals surface area contributed by atoms with Crippen LogP contribution in [0.15, 0.2) is 33.6 Å². The van der Waals surface area contributed by atoms with Crippen LogP contribution in [0.25, 0.3) is 0 Å². The number of sulfonamides is 1. The molecule has 6 heteroatoms. The van der Waals surface area contributed by atoms with Crippen LogP contribution >= 0.6 is 15.9 Å². The maximum Gasteiger partial charge on any atom is 0.244 e. The van der Waals surface area contributed by atoms with E-state index in [9.17, 15) is 8.42 Å². The van der Waals surface area contributed by atoms with Gasteiger partial charge in [0.15, 0.2) is 0 Å². The number of piperidine rings is 1. The van der Waals surface area contributed by atoms with Gasteiger partial charge in [-0.3, -0.25) is 0 Å². The molecular weight excluding hydrogens is 328 g/mol. The smallest absolute Gasteiger partial charge is 0.244 e. The minimum absolute atomic E-state index is 0.0252. The van der Waals surface area contributed by atoms with Gasteiger partial charge in [-0.25, -0.2) is 8.42 Å². The van der Waals surface area contributed by atoms with Crippen molar-refractivity contribution in [1.82, 2.24) is 4.31 Å². The zero-order valence-electron chi connectivity index (χ0n) is 10.9. The van der Waals surface area contributed by atoms with Crippen molar-refractivity contribution in [3.63, 3.8) is 0 Å². The van der Waals surface area contributed by atoms with Crippen molar-refractivity contribution in [1.29, 1.82) is 0 Å². The maximum atomic E-state index is 12.6. The van der Waals surface area contributed by atoms with Crippen molar-refractivity contribution in [3.05, 3.63) is 28.7 Å². The van der Waals surface area contributed by atoms with Crippen molar-refractivity contribution in [2.75, 3.05) is 13.1 Å². The summed E-state index contributed by atoms with van der Waals surface area (Å²) >= 11 is 3.31. The Labute approximate surface area is 123 Å². The molecule has 106 valence electrons. The fourth-order valence-corrected chi connectivity index (χ4v) is 4.91. The SMILES string of the molecule is C[C@H](N)[C@H]1CCCN(S(=O)(=O)c2ccccc2Br)C1. The van der Waals surface area contributed by atoms with Crippen molar-refractivity contribution >= 4 is 26.0 Å². The predicted molar refractivity (Wildman–Crippen MR) is 79.3 cm³/mol. The highest BCUT2D eigenvalue weighted by molar-refractivity contribution is 9.10. The first-order valence-corrected chi connectivity index (χ1v) is 8.66. The van der Waals surface area contributed by atoms with E-state index in [4.69, 9.17) is 5.73 Å². The zero-order valence-corrected chi connectivity index (χ0v) is 13.3. The molecule has 0 aliphatic carbocycles. The second-order valence-corrected chi connectivity index (χ2v) is 7.82. The van der Waals surface area contributed by atoms with E-state index >= 15 is 0 Å². The second kappa shape index (κ2) is 5.91. The normalized spacial score (nSPS) is 23.2. The Morgan fingerprint density at radius 1 is 1.42 bits per heavy atom. The van der Waals surface area contributed by atoms with Gasteiger partial charge in [0, 0.05) is 23.6 Å². The lowest BCUT2D eigenvalue weighted by molar-refractivity contribution is 0.243. The minimum Gasteiger partial charge on any atom is -0.328 e. The van der Waals surface area contributed by atoms with Gasteiger partial charge in [-0.2, -0.15) is 4.31 Å². The second-order valence-electron chi connectivity index (χ2n) is 5.05. The molecule has 1 saturated heterocycles. The van der Waals surface area contributed by atoms with Crippen LogP contribution in [-0.4, -0.2) is 31.9 Å². The van der Waals surface area contributed by atoms with E-state index in [0.29, 0.717) is 22.5 Å². The average Bonchev–Trinajstić information content (AvgIpc) is 2.39. The molecule has 0 spiro atoms. The lowest BCUT2D eigenvalue weighted by Crippen LogP contribution is -2.45. The first-order chi connectivity index (χ1) is 8.93. The van der Waals surface area contributed by atoms with Crippen LogP contribution in [0.2, 0.25) is 0 Å². The molecule has 1 aromatic carbocycles. The minimum atomic E-state index is -3.43. The molecule has 0 aromatic heterocycles. The highest BCUT2D eigenvalue weighted by atomic mass is 79.9. The summed E-state index contributed by atoms with van der Waals surface area (Å²) in [6.07, 6.45) is 1.87. The van der Waals surface area contributed by atoms with Crippen LogP contribution in [0.5, 0.6) is 0 Å². The van der Waals surface area contributed by atoms with Gasteiger partial charge in [0.05, 0.1) is 4.90 Å². The lowest BCUT2D eigenvalue weighted by atomic mass is 9.93. The van der Waals surface area contributed by atoms with Crippen LogP contribution in [0, 0.1) is 5.92 Å². The van der Waals surface area contributed by atoms with Crippen molar-refractivity contribution in [2.24, 2.45) is 11.7 Å². The molecule has 1 heterocycles. The quantitative estimate of drug-likeness (QED) is 0.912. The summed E-state index contributed by atoms with van der Waals surface area (Å²) in [5, 5.41) is 0. The van der Waals surface area contributed by atoms with Crippen molar-refractivity contribution in [3.8, 4) is 0 Å². The highest BCUT2D eigenvalue weighted by Crippen LogP contribution is 2.28. The summed E-state index contributed by atoms with van der Waals surface area (Å²) in [5.74, 6) is 0.242. The molecule has 0 unspecified atom stereocenters. The molecule has 1 fully saturated rings. The summed E-state index contributed by atoms with van der Waals surface area (Å²) in [6, 6.07) is 6.96. The Bertz CT molecular complexity index is 545. The van der Waals surface area contributed by atoms with Crippen LogP contribution < -0.4 is 5.73 Å². The Morgan fingerprint density at radius 3 is 2.74 bits per heavy atom. The van der Waals surface area contributed by atoms with E-state index in [0.717, 1.165) is 12.8 Å². The van der Waals surface area contributed by atoms with Gasteiger partial charge >= 0.3 is 0 Å². The number of rotatable bonds is 3. The van der Waals surface area contributed by atoms with E-state index < -0.39 is 10.0 Å². The summed E-state index contributed by atoms with van der Waals surface area (Å²) in [4.78, 5) is 0.334. The zero-order chi connectivity index (χ0) is 14.0. The molecule has 1 aliphatic rings. The van der Waals surface area contributed by atoms with E-state index in [-0.39, 0.29) is 12.0 Å². The van der Waals surface area contributed by atoms with E-state index in [1.165, 1.54) is 0 Å². The summed E-state index contributed by atoms with van der Waals surface area (Å²) in [5.41, 5.74) is 5.91. The van der Waals surface area contributed by atoms with Crippen LogP contribution in [-0.2, 0) is 10.0 Å². The molecule has 0 bridgehead atoms. The third kappa shape index (κ3) is 3.18. The Morgan fingerprint density at radius 2 is 2.11 bits per heavy atom. The molecule has 0 amide bonds. The third-order valence-electron chi connectivity index (χ3n) is 3.62. The highest BCUT2D eigenvalue weighted by Gasteiger charge is 2.32. The number of benzene rings is 1. The number of nitrogens with zero attached hydrogens (tertiary/aromatic N) is 1. The maximum absolute atomic E-state index is 12.6. The lowest BCUT2D eigenvalue weighted by Gasteiger charge is -2.33. The van der Waals surface area contributed by atoms with Gasteiger partial charge in [0.1, 0.15) is 0 Å². The first-order valence-electron chi connectivity index (χ1n) is 6.43. The van der Waals surface area contributed by atoms with Crippen LogP contribution in [0.1, 0.15) is 19.8 Å². The molecule has 4 nitrogen and oxygen atoms in total. The number of halogens is 1. The van der Waals surface area contributed by atoms with Gasteiger partial charge in [-0.1, -0.05) is 12.1 Å². The van der Waals surface area contributed by atoms with Gasteiger partial charge in [-0.15, -0.1) is 0 Å². The Hall–Kier alpha value is -0.430. The molecule has 2 rings (SSSR count). The number of nitrogens with two attached hydrogens (primary N) is 1. The van der Waals surface area contributed by atoms with E-state index in [1.807, 2.05) is 13.0 Å². The number of hydrogen-bond acceptors (Lipinski definition) is 3. The van der Waals surface area contributed by atoms with E-state index in [2.05, 4.69) is 15.9 Å². The summed E-state index contributed by atoms with van der Waals surface area (Å²) in [6.45, 7) is 3.04. The number of hydrogen-bond donors (Lipinski definition) is 1. The molecule has 1 aromatic rings. The molecule has 19 heavy (non-hydrogen) atoms. The topological polar surface area (TPSA) is 63.4 Å². The molecule has 0 radical (unpaired) electrons. The van der Waals surface area contributed by atoms with Crippen LogP contribution in [0.3, 0.4) is 0 Å². The van der Waals surface area contributed by atoms with Crippen LogP contribution in [0.4, 0.5) is 0 Å². The molecule has 2 atom stereocenters. The molecular formula is C13H19BrN2O2S. The van der Waals surface area contributed by atoms with Crippen molar-refractivity contribution in [2.45, 2.75) is 30.7 Å². The van der Waals surface area contributed by atoms with Gasteiger partial charge in [0.25, 0.3) is 0 Å². The monoisotopic (exact) mass is 346 g/mol. The first kappa shape index (κ1) is 15.0. The Kier molecular flexibility index (Phi) is 4.66. The largest absolute Gasteiger partial charge is 0.328 e. The predicted octanol–water partition coefficient (Wildman–Crippen LogP) is 2.20. The molecule has 0 saturated carbocycles. The average molecular weight is 347 g/mol. The summed E-state index contributed by atoms with van der Waals surface area (Å²) < 4.78 is 27.4. The van der Waals surface area contributed by atoms with Crippen molar-refractivity contribution < 1.29 is 8.42 Å². The Balaban J connectivity index is 2.28. The molecule has 1 aliphatic heterocycles. The summed E-state index contributed by atoms with van der Waals surface area (Å²) in [7, 11) is -3.43. The van der Waals surface area contributed by atoms with Gasteiger partial charge in [0.2, 0.25) is 10.0 Å². The molecule has 2 N–H and O–H groups in total. The van der Waals surface area contributed by atoms with Gasteiger partial charge in [-0.05, 0) is 53.7 Å². The fourth-order valence-electron chi connectivity index (χ4n) is 2.41. The van der Waals surface area contributed by atoms with Gasteiger partial charge < -0.3 is 5.73 Å². The van der Waals surface area contributed by atoms with E-state index in [1.54, 1.807) is 22.5 Å². The standard InChI is InChI=1S/C13H19BrN2O2S/c1-10(15)11-5-4-8-16(9-11)19(17,18)13-7-3-2-6-12(13)14/h2-3,6-7,10-11H,4-5,8-9,15H2,1H3/t10-,11-/m0/s1. The third-order valence-corrected chi connectivity index (χ3v) is 6.50.